The molecule has 10 nitrogen and oxygen atoms in total. The summed E-state index contributed by atoms with van der Waals surface area (Å²) in [5.41, 5.74) is 11.4. The zero-order valence-corrected chi connectivity index (χ0v) is 41.2. The van der Waals surface area contributed by atoms with Gasteiger partial charge >= 0.3 is 5.97 Å². The summed E-state index contributed by atoms with van der Waals surface area (Å²) in [6, 6.07) is -1.34. The highest BCUT2D eigenvalue weighted by molar-refractivity contribution is 5.90. The molecule has 0 bridgehead atoms. The first kappa shape index (κ1) is 60.2. The van der Waals surface area contributed by atoms with Crippen molar-refractivity contribution in [1.29, 1.82) is 0 Å². The highest BCUT2D eigenvalue weighted by Gasteiger charge is 2.29. The summed E-state index contributed by atoms with van der Waals surface area (Å²) in [5.74, 6) is -1.33. The van der Waals surface area contributed by atoms with E-state index in [4.69, 9.17) is 11.5 Å². The maximum absolute atomic E-state index is 14.3. The number of rotatable bonds is 51. The largest absolute Gasteiger partial charge is 0.481 e. The first-order valence-electron chi connectivity index (χ1n) is 27.1. The average Bonchev–Trinajstić information content (AvgIpc) is 3.26. The molecule has 0 aliphatic heterocycles. The molecule has 0 rings (SSSR count). The van der Waals surface area contributed by atoms with Crippen molar-refractivity contribution in [3.8, 4) is 0 Å². The van der Waals surface area contributed by atoms with E-state index in [2.05, 4.69) is 29.8 Å². The van der Waals surface area contributed by atoms with Crippen molar-refractivity contribution in [2.75, 3.05) is 45.8 Å². The van der Waals surface area contributed by atoms with Gasteiger partial charge in [0, 0.05) is 19.5 Å². The second-order valence-electron chi connectivity index (χ2n) is 18.6. The molecule has 0 aliphatic rings. The highest BCUT2D eigenvalue weighted by Crippen LogP contribution is 2.17. The van der Waals surface area contributed by atoms with Gasteiger partial charge in [-0.1, -0.05) is 206 Å². The highest BCUT2D eigenvalue weighted by atomic mass is 16.4. The molecule has 0 aromatic rings. The van der Waals surface area contributed by atoms with Crippen molar-refractivity contribution in [2.24, 2.45) is 11.5 Å². The minimum atomic E-state index is -0.958. The molecule has 0 aromatic carbocycles. The predicted molar refractivity (Wildman–Crippen MR) is 266 cm³/mol. The third-order valence-electron chi connectivity index (χ3n) is 12.6. The zero-order valence-electron chi connectivity index (χ0n) is 41.2. The fraction of sp³-hybridized carbons (Fsp3) is 0.942. The molecular formula is C52H106N6O4. The Morgan fingerprint density at radius 2 is 0.806 bits per heavy atom. The summed E-state index contributed by atoms with van der Waals surface area (Å²) in [7, 11) is 0. The maximum Gasteiger partial charge on any atom is 0.303 e. The second-order valence-corrected chi connectivity index (χ2v) is 18.6. The standard InChI is InChI=1S/C52H106N6O4/c1-3-5-7-9-11-13-15-17-19-21-23-25-27-29-31-33-46-58(47-34-32-30-28-26-24-22-20-18-16-14-12-10-8-6-4-2)52(62)49(39-40-50(59)60)57-51(61)48(56-45-37-42-54)38-35-43-55-44-36-41-53/h48-49,55-56H,3-47,53-54H2,1-2H3,(H,57,61)(H,59,60). The van der Waals surface area contributed by atoms with E-state index in [1.807, 2.05) is 4.90 Å². The Labute approximate surface area is 384 Å². The summed E-state index contributed by atoms with van der Waals surface area (Å²) in [5, 5.41) is 19.4. The van der Waals surface area contributed by atoms with Crippen molar-refractivity contribution in [3.63, 3.8) is 0 Å². The molecular weight excluding hydrogens is 773 g/mol. The van der Waals surface area contributed by atoms with Gasteiger partial charge < -0.3 is 37.4 Å². The number of carbonyl (C=O) groups is 3. The van der Waals surface area contributed by atoms with Gasteiger partial charge in [-0.05, 0) is 77.7 Å². The Balaban J connectivity index is 5.09. The second kappa shape index (κ2) is 48.7. The van der Waals surface area contributed by atoms with E-state index in [0.29, 0.717) is 39.1 Å². The first-order chi connectivity index (χ1) is 30.4. The summed E-state index contributed by atoms with van der Waals surface area (Å²) in [6.07, 6.45) is 44.6. The number of aliphatic carboxylic acids is 1. The monoisotopic (exact) mass is 879 g/mol. The third-order valence-corrected chi connectivity index (χ3v) is 12.6. The van der Waals surface area contributed by atoms with Gasteiger partial charge in [0.2, 0.25) is 11.8 Å². The van der Waals surface area contributed by atoms with Crippen molar-refractivity contribution in [3.05, 3.63) is 0 Å². The number of hydrogen-bond acceptors (Lipinski definition) is 7. The van der Waals surface area contributed by atoms with Crippen LogP contribution in [0.15, 0.2) is 0 Å². The lowest BCUT2D eigenvalue weighted by molar-refractivity contribution is -0.140. The number of nitrogens with one attached hydrogen (secondary N) is 3. The maximum atomic E-state index is 14.3. The average molecular weight is 879 g/mol. The van der Waals surface area contributed by atoms with Crippen LogP contribution in [0.4, 0.5) is 0 Å². The van der Waals surface area contributed by atoms with Crippen LogP contribution in [0.5, 0.6) is 0 Å². The van der Waals surface area contributed by atoms with Crippen LogP contribution in [-0.4, -0.2) is 85.7 Å². The molecule has 0 spiro atoms. The van der Waals surface area contributed by atoms with E-state index in [0.717, 1.165) is 58.0 Å². The van der Waals surface area contributed by atoms with Crippen LogP contribution in [0.25, 0.3) is 0 Å². The molecule has 2 unspecified atom stereocenters. The van der Waals surface area contributed by atoms with Crippen molar-refractivity contribution in [2.45, 2.75) is 270 Å². The smallest absolute Gasteiger partial charge is 0.303 e. The van der Waals surface area contributed by atoms with E-state index in [-0.39, 0.29) is 24.7 Å². The first-order valence-corrected chi connectivity index (χ1v) is 27.1. The van der Waals surface area contributed by atoms with Gasteiger partial charge in [-0.15, -0.1) is 0 Å². The van der Waals surface area contributed by atoms with Crippen LogP contribution in [0.1, 0.15) is 258 Å². The Morgan fingerprint density at radius 1 is 0.452 bits per heavy atom. The molecule has 8 N–H and O–H groups in total. The Bertz CT molecular complexity index is 936. The summed E-state index contributed by atoms with van der Waals surface area (Å²) < 4.78 is 0. The summed E-state index contributed by atoms with van der Waals surface area (Å²) >= 11 is 0. The predicted octanol–water partition coefficient (Wildman–Crippen LogP) is 11.7. The molecule has 2 atom stereocenters. The van der Waals surface area contributed by atoms with E-state index in [9.17, 15) is 19.5 Å². The topological polar surface area (TPSA) is 163 Å². The molecule has 0 fully saturated rings. The van der Waals surface area contributed by atoms with Crippen LogP contribution in [0.2, 0.25) is 0 Å². The molecule has 0 heterocycles. The third kappa shape index (κ3) is 41.0. The zero-order chi connectivity index (χ0) is 45.4. The van der Waals surface area contributed by atoms with Gasteiger partial charge in [-0.25, -0.2) is 0 Å². The van der Waals surface area contributed by atoms with Crippen LogP contribution in [-0.2, 0) is 14.4 Å². The molecule has 0 aliphatic carbocycles. The molecule has 2 amide bonds. The minimum Gasteiger partial charge on any atom is -0.481 e. The number of amides is 2. The molecule has 0 radical (unpaired) electrons. The Hall–Kier alpha value is -1.75. The fourth-order valence-electron chi connectivity index (χ4n) is 8.54. The van der Waals surface area contributed by atoms with Crippen molar-refractivity contribution < 1.29 is 19.5 Å². The lowest BCUT2D eigenvalue weighted by atomic mass is 10.0. The SMILES string of the molecule is CCCCCCCCCCCCCCCCCCN(CCCCCCCCCCCCCCCCCC)C(=O)C(CCC(=O)O)NC(=O)C(CCCNCCCN)NCCCN. The molecule has 0 saturated heterocycles. The molecule has 0 aromatic heterocycles. The van der Waals surface area contributed by atoms with E-state index in [1.165, 1.54) is 180 Å². The Kier molecular flexibility index (Phi) is 47.3. The van der Waals surface area contributed by atoms with E-state index >= 15 is 0 Å². The van der Waals surface area contributed by atoms with Crippen LogP contribution >= 0.6 is 0 Å². The van der Waals surface area contributed by atoms with Crippen LogP contribution in [0, 0.1) is 0 Å². The lowest BCUT2D eigenvalue weighted by Gasteiger charge is -2.29. The summed E-state index contributed by atoms with van der Waals surface area (Å²) in [4.78, 5) is 41.7. The van der Waals surface area contributed by atoms with Gasteiger partial charge in [-0.2, -0.15) is 0 Å². The van der Waals surface area contributed by atoms with Crippen LogP contribution < -0.4 is 27.4 Å². The van der Waals surface area contributed by atoms with Gasteiger partial charge in [0.15, 0.2) is 0 Å². The van der Waals surface area contributed by atoms with Crippen molar-refractivity contribution in [1.82, 2.24) is 20.9 Å². The summed E-state index contributed by atoms with van der Waals surface area (Å²) in [6.45, 7) is 9.25. The number of hydrogen-bond donors (Lipinski definition) is 6. The molecule has 0 saturated carbocycles. The Morgan fingerprint density at radius 3 is 1.18 bits per heavy atom. The molecule has 10 heteroatoms. The lowest BCUT2D eigenvalue weighted by Crippen LogP contribution is -2.54. The molecule has 62 heavy (non-hydrogen) atoms. The quantitative estimate of drug-likeness (QED) is 0.0329. The fourth-order valence-corrected chi connectivity index (χ4v) is 8.54. The number of nitrogens with two attached hydrogens (primary N) is 2. The van der Waals surface area contributed by atoms with Gasteiger partial charge in [0.05, 0.1) is 6.04 Å². The number of carboxylic acids is 1. The number of nitrogens with zero attached hydrogens (tertiary/aromatic N) is 1. The van der Waals surface area contributed by atoms with Gasteiger partial charge in [-0.3, -0.25) is 14.4 Å². The van der Waals surface area contributed by atoms with Gasteiger partial charge in [0.25, 0.3) is 0 Å². The van der Waals surface area contributed by atoms with E-state index in [1.54, 1.807) is 0 Å². The number of carbonyl (C=O) groups excluding carboxylic acids is 2. The molecule has 368 valence electrons. The number of carboxylic acid groups (broad SMARTS) is 1. The van der Waals surface area contributed by atoms with Crippen molar-refractivity contribution >= 4 is 17.8 Å². The van der Waals surface area contributed by atoms with Crippen LogP contribution in [0.3, 0.4) is 0 Å². The minimum absolute atomic E-state index is 0.0878. The number of unbranched alkanes of at least 4 members (excludes halogenated alkanes) is 30. The normalized spacial score (nSPS) is 12.5. The van der Waals surface area contributed by atoms with E-state index < -0.39 is 18.1 Å². The van der Waals surface area contributed by atoms with Gasteiger partial charge in [0.1, 0.15) is 6.04 Å².